The lowest BCUT2D eigenvalue weighted by Gasteiger charge is -2.07. The molecule has 0 saturated carbocycles. The van der Waals surface area contributed by atoms with Crippen molar-refractivity contribution >= 4 is 35.8 Å². The molecule has 5 atom stereocenters. The summed E-state index contributed by atoms with van der Waals surface area (Å²) in [6.07, 6.45) is 3.16. The van der Waals surface area contributed by atoms with Gasteiger partial charge in [0.2, 0.25) is 0 Å². The molecule has 20 heteroatoms. The second kappa shape index (κ2) is 31.5. The van der Waals surface area contributed by atoms with Crippen LogP contribution in [0.15, 0.2) is 24.3 Å². The minimum Gasteiger partial charge on any atom is -0.508 e. The summed E-state index contributed by atoms with van der Waals surface area (Å²) in [5, 5.41) is 68.8. The highest BCUT2D eigenvalue weighted by atomic mass is 16.4. The molecule has 0 bridgehead atoms. The summed E-state index contributed by atoms with van der Waals surface area (Å²) < 4.78 is 0. The fourth-order valence-corrected chi connectivity index (χ4v) is 3.16. The van der Waals surface area contributed by atoms with Gasteiger partial charge in [-0.05, 0) is 68.2 Å². The van der Waals surface area contributed by atoms with Gasteiger partial charge in [-0.3, -0.25) is 28.8 Å². The van der Waals surface area contributed by atoms with Crippen LogP contribution in [0.5, 0.6) is 5.75 Å². The third-order valence-corrected chi connectivity index (χ3v) is 5.84. The van der Waals surface area contributed by atoms with Gasteiger partial charge in [-0.2, -0.15) is 0 Å². The van der Waals surface area contributed by atoms with E-state index in [9.17, 15) is 28.8 Å². The lowest BCUT2D eigenvalue weighted by Crippen LogP contribution is -2.33. The first-order valence-electron chi connectivity index (χ1n) is 15.6. The predicted octanol–water partition coefficient (Wildman–Crippen LogP) is -1.52. The number of phenols is 1. The maximum Gasteiger partial charge on any atom is 0.322 e. The van der Waals surface area contributed by atoms with Gasteiger partial charge in [-0.1, -0.05) is 39.8 Å². The molecule has 1 fully saturated rings. The Balaban J connectivity index is -0.000000266. The molecule has 1 saturated heterocycles. The minimum atomic E-state index is -1.18. The number of hydrogen-bond donors (Lipinski definition) is 14. The topological polar surface area (TPSA) is 406 Å². The number of nitrogens with one attached hydrogen (secondary N) is 1. The molecule has 0 spiro atoms. The quantitative estimate of drug-likeness (QED) is 0.109. The fourth-order valence-electron chi connectivity index (χ4n) is 3.16. The zero-order valence-corrected chi connectivity index (χ0v) is 29.4. The SMILES string of the molecule is CC(C)CC(N)C(=O)O.CC(C)CC(N)C(=O)O.NC(CO)C(=O)O.NC(Cc1ccc(O)cc1)C(=O)O.NCC(=O)O.O=C(O)[C@@H]1CCCN1. The summed E-state index contributed by atoms with van der Waals surface area (Å²) in [7, 11) is 0. The third kappa shape index (κ3) is 36.7. The molecule has 1 aliphatic heterocycles. The molecular weight excluding hydrogens is 680 g/mol. The van der Waals surface area contributed by atoms with Crippen molar-refractivity contribution in [3.63, 3.8) is 0 Å². The van der Waals surface area contributed by atoms with E-state index in [0.29, 0.717) is 24.7 Å². The van der Waals surface area contributed by atoms with Crippen molar-refractivity contribution in [2.75, 3.05) is 19.7 Å². The number of phenolic OH excluding ortho intramolecular Hbond substituents is 1. The Labute approximate surface area is 296 Å². The van der Waals surface area contributed by atoms with Crippen molar-refractivity contribution in [2.24, 2.45) is 40.5 Å². The van der Waals surface area contributed by atoms with Gasteiger partial charge >= 0.3 is 35.8 Å². The molecule has 0 aromatic heterocycles. The number of hydrogen-bond acceptors (Lipinski definition) is 14. The van der Waals surface area contributed by atoms with Gasteiger partial charge in [-0.15, -0.1) is 0 Å². The van der Waals surface area contributed by atoms with Gasteiger partial charge in [0, 0.05) is 0 Å². The maximum absolute atomic E-state index is 10.4. The Bertz CT molecular complexity index is 1110. The molecule has 2 rings (SSSR count). The first kappa shape index (κ1) is 53.4. The highest BCUT2D eigenvalue weighted by Gasteiger charge is 2.20. The zero-order valence-electron chi connectivity index (χ0n) is 29.4. The second-order valence-electron chi connectivity index (χ2n) is 11.7. The number of aliphatic hydroxyl groups is 1. The lowest BCUT2D eigenvalue weighted by molar-refractivity contribution is -0.140. The number of carbonyl (C=O) groups is 6. The van der Waals surface area contributed by atoms with Crippen LogP contribution in [-0.4, -0.2) is 127 Å². The molecule has 1 aliphatic rings. The zero-order chi connectivity index (χ0) is 40.9. The van der Waals surface area contributed by atoms with E-state index in [1.807, 2.05) is 27.7 Å². The van der Waals surface area contributed by atoms with E-state index in [2.05, 4.69) is 11.1 Å². The summed E-state index contributed by atoms with van der Waals surface area (Å²) in [5.74, 6) is -4.84. The van der Waals surface area contributed by atoms with E-state index in [1.165, 1.54) is 12.1 Å². The number of aliphatic hydroxyl groups excluding tert-OH is 1. The van der Waals surface area contributed by atoms with E-state index in [0.717, 1.165) is 24.9 Å². The van der Waals surface area contributed by atoms with Crippen LogP contribution in [0, 0.1) is 11.8 Å². The van der Waals surface area contributed by atoms with Crippen LogP contribution in [0.1, 0.15) is 58.9 Å². The molecule has 4 unspecified atom stereocenters. The summed E-state index contributed by atoms with van der Waals surface area (Å²) >= 11 is 0. The van der Waals surface area contributed by atoms with E-state index in [1.54, 1.807) is 12.1 Å². The van der Waals surface area contributed by atoms with Crippen LogP contribution in [0.3, 0.4) is 0 Å². The predicted molar refractivity (Wildman–Crippen MR) is 186 cm³/mol. The maximum atomic E-state index is 10.4. The third-order valence-electron chi connectivity index (χ3n) is 5.84. The molecule has 0 radical (unpaired) electrons. The highest BCUT2D eigenvalue weighted by molar-refractivity contribution is 5.74. The van der Waals surface area contributed by atoms with Crippen molar-refractivity contribution < 1.29 is 69.6 Å². The Kier molecular flexibility index (Phi) is 33.0. The first-order chi connectivity index (χ1) is 23.4. The second-order valence-corrected chi connectivity index (χ2v) is 11.7. The van der Waals surface area contributed by atoms with Gasteiger partial charge in [0.15, 0.2) is 0 Å². The van der Waals surface area contributed by atoms with E-state index in [-0.39, 0.29) is 24.8 Å². The summed E-state index contributed by atoms with van der Waals surface area (Å²) in [4.78, 5) is 59.6. The average Bonchev–Trinajstić information content (AvgIpc) is 3.58. The number of aromatic hydroxyl groups is 1. The number of aliphatic carboxylic acids is 6. The van der Waals surface area contributed by atoms with Gasteiger partial charge < -0.3 is 74.8 Å². The van der Waals surface area contributed by atoms with Crippen LogP contribution < -0.4 is 34.0 Å². The molecule has 19 N–H and O–H groups in total. The Morgan fingerprint density at radius 3 is 1.25 bits per heavy atom. The van der Waals surface area contributed by atoms with Crippen LogP contribution in [0.25, 0.3) is 0 Å². The van der Waals surface area contributed by atoms with Gasteiger partial charge in [0.25, 0.3) is 0 Å². The Hall–Kier alpha value is -4.44. The molecule has 1 heterocycles. The molecule has 1 aromatic rings. The van der Waals surface area contributed by atoms with Crippen LogP contribution in [-0.2, 0) is 35.2 Å². The number of rotatable bonds is 13. The van der Waals surface area contributed by atoms with Crippen LogP contribution >= 0.6 is 0 Å². The minimum absolute atomic E-state index is 0.160. The van der Waals surface area contributed by atoms with E-state index < -0.39 is 66.6 Å². The average molecular weight is 739 g/mol. The van der Waals surface area contributed by atoms with Crippen LogP contribution in [0.2, 0.25) is 0 Å². The van der Waals surface area contributed by atoms with Gasteiger partial charge in [0.05, 0.1) is 13.2 Å². The van der Waals surface area contributed by atoms with Gasteiger partial charge in [0.1, 0.15) is 36.0 Å². The van der Waals surface area contributed by atoms with E-state index >= 15 is 0 Å². The number of carboxylic acid groups (broad SMARTS) is 6. The fraction of sp³-hybridized carbons (Fsp3) is 0.613. The lowest BCUT2D eigenvalue weighted by atomic mass is 10.1. The largest absolute Gasteiger partial charge is 0.508 e. The molecule has 20 nitrogen and oxygen atoms in total. The number of nitrogens with two attached hydrogens (primary N) is 5. The monoisotopic (exact) mass is 738 g/mol. The summed E-state index contributed by atoms with van der Waals surface area (Å²) in [6.45, 7) is 7.86. The Morgan fingerprint density at radius 2 is 1.08 bits per heavy atom. The van der Waals surface area contributed by atoms with Crippen molar-refractivity contribution in [2.45, 2.75) is 90.0 Å². The molecule has 0 aliphatic carbocycles. The standard InChI is InChI=1S/C9H11NO3.2C6H13NO2.C5H9NO2.C3H7NO3.C2H5NO2/c10-8(9(12)13)5-6-1-3-7(11)4-2-6;2*1-4(2)3-5(7)6(8)9;7-5(8)4-2-1-3-6-4;4-2(1-5)3(6)7;3-1-2(4)5/h1-4,8,11H,5,10H2,(H,12,13);2*4-5H,3,7H2,1-2H3,(H,8,9);4,6H,1-3H2,(H,7,8);2,5H,1,4H2,(H,6,7);1,3H2,(H,4,5)/t;;;4-;;/m...0../s1. The van der Waals surface area contributed by atoms with E-state index in [4.69, 9.17) is 63.8 Å². The summed E-state index contributed by atoms with van der Waals surface area (Å²) in [5.41, 5.74) is 25.9. The Morgan fingerprint density at radius 1 is 0.706 bits per heavy atom. The van der Waals surface area contributed by atoms with Crippen molar-refractivity contribution in [1.29, 1.82) is 0 Å². The summed E-state index contributed by atoms with van der Waals surface area (Å²) in [6, 6.07) is 2.65. The molecule has 0 amide bonds. The molecule has 296 valence electrons. The molecule has 51 heavy (non-hydrogen) atoms. The number of carboxylic acids is 6. The first-order valence-corrected chi connectivity index (χ1v) is 15.6. The smallest absolute Gasteiger partial charge is 0.322 e. The highest BCUT2D eigenvalue weighted by Crippen LogP contribution is 2.10. The van der Waals surface area contributed by atoms with Gasteiger partial charge in [-0.25, -0.2) is 0 Å². The van der Waals surface area contributed by atoms with Crippen molar-refractivity contribution in [3.05, 3.63) is 29.8 Å². The number of benzene rings is 1. The normalized spacial score (nSPS) is 15.0. The van der Waals surface area contributed by atoms with Crippen molar-refractivity contribution in [3.8, 4) is 5.75 Å². The molecule has 1 aromatic carbocycles. The molecular formula is C31H58N6O14. The van der Waals surface area contributed by atoms with Crippen molar-refractivity contribution in [1.82, 2.24) is 5.32 Å². The van der Waals surface area contributed by atoms with Crippen LogP contribution in [0.4, 0.5) is 0 Å².